The molecule has 0 bridgehead atoms. The van der Waals surface area contributed by atoms with Crippen LogP contribution in [0.5, 0.6) is 0 Å². The van der Waals surface area contributed by atoms with E-state index in [1.165, 1.54) is 6.07 Å². The summed E-state index contributed by atoms with van der Waals surface area (Å²) in [5.41, 5.74) is 4.00. The van der Waals surface area contributed by atoms with E-state index in [4.69, 9.17) is 11.6 Å². The maximum Gasteiger partial charge on any atom is 0.352 e. The molecule has 0 amide bonds. The van der Waals surface area contributed by atoms with Gasteiger partial charge >= 0.3 is 5.97 Å². The Hall–Kier alpha value is -3.15. The van der Waals surface area contributed by atoms with Crippen LogP contribution in [0.4, 0.5) is 4.39 Å². The van der Waals surface area contributed by atoms with Crippen LogP contribution < -0.4 is 5.32 Å². The summed E-state index contributed by atoms with van der Waals surface area (Å²) in [7, 11) is 0. The monoisotopic (exact) mass is 436 g/mol. The van der Waals surface area contributed by atoms with Gasteiger partial charge in [0.05, 0.1) is 6.54 Å². The number of carbonyl (C=O) groups is 1. The molecule has 0 unspecified atom stereocenters. The molecule has 31 heavy (non-hydrogen) atoms. The predicted octanol–water partition coefficient (Wildman–Crippen LogP) is 5.78. The van der Waals surface area contributed by atoms with Crippen LogP contribution in [0.15, 0.2) is 66.7 Å². The standard InChI is InChI=1S/C25H22ClFN2O2/c1-16-10-11-19-20(14-28-13-17-6-2-4-8-21(17)26)24(25(30)31)29(23(19)12-16)15-18-7-3-5-9-22(18)27/h2-12,28H,13-15H2,1H3,(H,30,31). The average molecular weight is 437 g/mol. The van der Waals surface area contributed by atoms with Crippen molar-refractivity contribution >= 4 is 28.5 Å². The summed E-state index contributed by atoms with van der Waals surface area (Å²) in [6, 6.07) is 19.8. The van der Waals surface area contributed by atoms with Gasteiger partial charge in [0.15, 0.2) is 0 Å². The van der Waals surface area contributed by atoms with Crippen molar-refractivity contribution in [3.05, 3.63) is 106 Å². The first-order valence-electron chi connectivity index (χ1n) is 9.98. The van der Waals surface area contributed by atoms with E-state index in [1.807, 2.05) is 49.4 Å². The minimum atomic E-state index is -1.04. The third-order valence-corrected chi connectivity index (χ3v) is 5.76. The van der Waals surface area contributed by atoms with Crippen molar-refractivity contribution in [2.75, 3.05) is 0 Å². The number of benzene rings is 3. The molecule has 4 rings (SSSR count). The van der Waals surface area contributed by atoms with Crippen LogP contribution in [-0.4, -0.2) is 15.6 Å². The minimum absolute atomic E-state index is 0.138. The Bertz CT molecular complexity index is 1270. The summed E-state index contributed by atoms with van der Waals surface area (Å²) in [6.45, 7) is 2.94. The van der Waals surface area contributed by atoms with Crippen LogP contribution in [-0.2, 0) is 19.6 Å². The number of carboxylic acids is 1. The number of fused-ring (bicyclic) bond motifs is 1. The molecule has 4 nitrogen and oxygen atoms in total. The molecule has 3 aromatic carbocycles. The first-order chi connectivity index (χ1) is 15.0. The van der Waals surface area contributed by atoms with Crippen molar-refractivity contribution in [2.24, 2.45) is 0 Å². The number of aryl methyl sites for hydroxylation is 1. The molecular weight excluding hydrogens is 415 g/mol. The fraction of sp³-hybridized carbons (Fsp3) is 0.160. The van der Waals surface area contributed by atoms with E-state index in [2.05, 4.69) is 5.32 Å². The summed E-state index contributed by atoms with van der Waals surface area (Å²) >= 11 is 6.24. The van der Waals surface area contributed by atoms with Crippen LogP contribution in [0.2, 0.25) is 5.02 Å². The van der Waals surface area contributed by atoms with E-state index in [1.54, 1.807) is 22.8 Å². The van der Waals surface area contributed by atoms with Gasteiger partial charge in [-0.15, -0.1) is 0 Å². The lowest BCUT2D eigenvalue weighted by Crippen LogP contribution is -2.17. The van der Waals surface area contributed by atoms with Crippen LogP contribution in [0.25, 0.3) is 10.9 Å². The van der Waals surface area contributed by atoms with Gasteiger partial charge in [0.25, 0.3) is 0 Å². The molecule has 0 atom stereocenters. The third-order valence-electron chi connectivity index (χ3n) is 5.39. The fourth-order valence-electron chi connectivity index (χ4n) is 3.88. The Kier molecular flexibility index (Phi) is 6.07. The van der Waals surface area contributed by atoms with Crippen molar-refractivity contribution in [2.45, 2.75) is 26.6 Å². The molecule has 0 fully saturated rings. The van der Waals surface area contributed by atoms with Crippen molar-refractivity contribution < 1.29 is 14.3 Å². The lowest BCUT2D eigenvalue weighted by Gasteiger charge is -2.11. The summed E-state index contributed by atoms with van der Waals surface area (Å²) < 4.78 is 16.0. The van der Waals surface area contributed by atoms with Crippen molar-refractivity contribution in [1.82, 2.24) is 9.88 Å². The number of nitrogens with zero attached hydrogens (tertiary/aromatic N) is 1. The van der Waals surface area contributed by atoms with E-state index >= 15 is 0 Å². The maximum absolute atomic E-state index is 14.3. The smallest absolute Gasteiger partial charge is 0.352 e. The highest BCUT2D eigenvalue weighted by Crippen LogP contribution is 2.29. The summed E-state index contributed by atoms with van der Waals surface area (Å²) in [5.74, 6) is -1.40. The second kappa shape index (κ2) is 8.92. The highest BCUT2D eigenvalue weighted by molar-refractivity contribution is 6.31. The van der Waals surface area contributed by atoms with Crippen LogP contribution >= 0.6 is 11.6 Å². The zero-order valence-corrected chi connectivity index (χ0v) is 17.8. The lowest BCUT2D eigenvalue weighted by atomic mass is 10.1. The molecule has 0 aliphatic rings. The molecule has 0 saturated heterocycles. The van der Waals surface area contributed by atoms with Crippen molar-refractivity contribution in [1.29, 1.82) is 0 Å². The van der Waals surface area contributed by atoms with Gasteiger partial charge in [-0.1, -0.05) is 60.1 Å². The number of carboxylic acid groups (broad SMARTS) is 1. The number of rotatable bonds is 7. The molecular formula is C25H22ClFN2O2. The van der Waals surface area contributed by atoms with Gasteiger partial charge < -0.3 is 15.0 Å². The fourth-order valence-corrected chi connectivity index (χ4v) is 4.08. The number of aromatic carboxylic acids is 1. The van der Waals surface area contributed by atoms with E-state index in [-0.39, 0.29) is 18.1 Å². The second-order valence-corrected chi connectivity index (χ2v) is 7.93. The predicted molar refractivity (Wildman–Crippen MR) is 121 cm³/mol. The van der Waals surface area contributed by atoms with Gasteiger partial charge in [-0.2, -0.15) is 0 Å². The van der Waals surface area contributed by atoms with Crippen LogP contribution in [0.3, 0.4) is 0 Å². The number of hydrogen-bond acceptors (Lipinski definition) is 2. The molecule has 6 heteroatoms. The molecule has 0 radical (unpaired) electrons. The molecule has 0 aliphatic heterocycles. The summed E-state index contributed by atoms with van der Waals surface area (Å²) in [6.07, 6.45) is 0. The zero-order chi connectivity index (χ0) is 22.0. The molecule has 158 valence electrons. The number of halogens is 2. The van der Waals surface area contributed by atoms with Crippen molar-refractivity contribution in [3.8, 4) is 0 Å². The van der Waals surface area contributed by atoms with Gasteiger partial charge in [-0.3, -0.25) is 0 Å². The highest BCUT2D eigenvalue weighted by Gasteiger charge is 2.23. The van der Waals surface area contributed by atoms with E-state index < -0.39 is 5.97 Å². The molecule has 1 aromatic heterocycles. The average Bonchev–Trinajstić information content (AvgIpc) is 3.04. The van der Waals surface area contributed by atoms with Gasteiger partial charge in [0.2, 0.25) is 0 Å². The molecule has 1 heterocycles. The molecule has 0 spiro atoms. The second-order valence-electron chi connectivity index (χ2n) is 7.53. The normalized spacial score (nSPS) is 11.2. The highest BCUT2D eigenvalue weighted by atomic mass is 35.5. The molecule has 2 N–H and O–H groups in total. The van der Waals surface area contributed by atoms with Gasteiger partial charge in [-0.05, 0) is 36.2 Å². The lowest BCUT2D eigenvalue weighted by molar-refractivity contribution is 0.0684. The first kappa shape index (κ1) is 21.1. The Balaban J connectivity index is 1.75. The minimum Gasteiger partial charge on any atom is -0.477 e. The van der Waals surface area contributed by atoms with E-state index in [0.717, 1.165) is 22.0 Å². The molecule has 0 saturated carbocycles. The van der Waals surface area contributed by atoms with Crippen molar-refractivity contribution in [3.63, 3.8) is 0 Å². The first-order valence-corrected chi connectivity index (χ1v) is 10.4. The number of aromatic nitrogens is 1. The maximum atomic E-state index is 14.3. The van der Waals surface area contributed by atoms with E-state index in [0.29, 0.717) is 29.2 Å². The summed E-state index contributed by atoms with van der Waals surface area (Å²) in [4.78, 5) is 12.3. The topological polar surface area (TPSA) is 54.3 Å². The quantitative estimate of drug-likeness (QED) is 0.386. The number of hydrogen-bond donors (Lipinski definition) is 2. The van der Waals surface area contributed by atoms with Crippen LogP contribution in [0, 0.1) is 12.7 Å². The van der Waals surface area contributed by atoms with Gasteiger partial charge in [-0.25, -0.2) is 9.18 Å². The Morgan fingerprint density at radius 3 is 2.45 bits per heavy atom. The van der Waals surface area contributed by atoms with E-state index in [9.17, 15) is 14.3 Å². The third kappa shape index (κ3) is 4.33. The van der Waals surface area contributed by atoms with Gasteiger partial charge in [0, 0.05) is 40.1 Å². The molecule has 4 aromatic rings. The Labute approximate surface area is 184 Å². The SMILES string of the molecule is Cc1ccc2c(CNCc3ccccc3Cl)c(C(=O)O)n(Cc3ccccc3F)c2c1. The summed E-state index contributed by atoms with van der Waals surface area (Å²) in [5, 5.41) is 14.9. The van der Waals surface area contributed by atoms with Crippen LogP contribution in [0.1, 0.15) is 32.7 Å². The van der Waals surface area contributed by atoms with Gasteiger partial charge in [0.1, 0.15) is 11.5 Å². The Morgan fingerprint density at radius 1 is 1.03 bits per heavy atom. The zero-order valence-electron chi connectivity index (χ0n) is 17.0. The largest absolute Gasteiger partial charge is 0.477 e. The number of nitrogens with one attached hydrogen (secondary N) is 1. The Morgan fingerprint density at radius 2 is 1.74 bits per heavy atom. The molecule has 0 aliphatic carbocycles.